The van der Waals surface area contributed by atoms with E-state index in [9.17, 15) is 9.59 Å². The average Bonchev–Trinajstić information content (AvgIpc) is 3.41. The number of benzene rings is 2. The Kier molecular flexibility index (Phi) is 9.49. The molecule has 208 valence electrons. The van der Waals surface area contributed by atoms with Gasteiger partial charge in [0.25, 0.3) is 0 Å². The molecule has 1 saturated heterocycles. The van der Waals surface area contributed by atoms with Crippen LogP contribution in [0.2, 0.25) is 0 Å². The highest BCUT2D eigenvalue weighted by Crippen LogP contribution is 2.31. The fraction of sp³-hybridized carbons (Fsp3) is 0.515. The summed E-state index contributed by atoms with van der Waals surface area (Å²) in [5.74, 6) is -0.0284. The molecule has 2 aliphatic heterocycles. The Morgan fingerprint density at radius 2 is 1.79 bits per heavy atom. The van der Waals surface area contributed by atoms with Crippen LogP contribution in [-0.2, 0) is 25.7 Å². The maximum absolute atomic E-state index is 14.0. The third kappa shape index (κ3) is 6.98. The highest BCUT2D eigenvalue weighted by molar-refractivity contribution is 5.88. The van der Waals surface area contributed by atoms with Crippen molar-refractivity contribution in [2.75, 3.05) is 20.2 Å². The molecular formula is C33H42N2O4. The SMILES string of the molecule is COC(=O)[C@@H]1C[C@@H]2CN1C(=O)[C@H](C1CCCCC1)NCCCC/C=C/c1cccc(c1)-c1cccc(c1)CO2. The Morgan fingerprint density at radius 1 is 1.00 bits per heavy atom. The number of ether oxygens (including phenoxy) is 2. The molecule has 3 atom stereocenters. The Balaban J connectivity index is 1.40. The Bertz CT molecular complexity index is 1160. The number of rotatable bonds is 2. The molecule has 2 aromatic rings. The molecule has 5 rings (SSSR count). The van der Waals surface area contributed by atoms with E-state index in [1.165, 1.54) is 24.7 Å². The number of carbonyl (C=O) groups is 2. The van der Waals surface area contributed by atoms with Gasteiger partial charge in [-0.15, -0.1) is 0 Å². The number of hydrogen-bond donors (Lipinski definition) is 1. The van der Waals surface area contributed by atoms with Crippen molar-refractivity contribution in [3.63, 3.8) is 0 Å². The van der Waals surface area contributed by atoms with Crippen LogP contribution in [0, 0.1) is 5.92 Å². The fourth-order valence-electron chi connectivity index (χ4n) is 6.36. The predicted molar refractivity (Wildman–Crippen MR) is 154 cm³/mol. The first-order chi connectivity index (χ1) is 19.1. The van der Waals surface area contributed by atoms with Crippen molar-refractivity contribution < 1.29 is 19.1 Å². The lowest BCUT2D eigenvalue weighted by molar-refractivity contribution is -0.152. The van der Waals surface area contributed by atoms with Gasteiger partial charge in [0.05, 0.1) is 25.9 Å². The molecule has 6 bridgehead atoms. The number of methoxy groups -OCH3 is 1. The van der Waals surface area contributed by atoms with Gasteiger partial charge in [0.15, 0.2) is 0 Å². The summed E-state index contributed by atoms with van der Waals surface area (Å²) in [5.41, 5.74) is 4.60. The topological polar surface area (TPSA) is 67.9 Å². The van der Waals surface area contributed by atoms with Crippen LogP contribution < -0.4 is 5.32 Å². The maximum atomic E-state index is 14.0. The third-order valence-electron chi connectivity index (χ3n) is 8.51. The maximum Gasteiger partial charge on any atom is 0.328 e. The van der Waals surface area contributed by atoms with E-state index in [2.05, 4.69) is 66.0 Å². The summed E-state index contributed by atoms with van der Waals surface area (Å²) in [4.78, 5) is 28.6. The summed E-state index contributed by atoms with van der Waals surface area (Å²) in [6, 6.07) is 16.2. The molecule has 0 radical (unpaired) electrons. The van der Waals surface area contributed by atoms with E-state index in [1.807, 2.05) is 0 Å². The van der Waals surface area contributed by atoms with E-state index < -0.39 is 6.04 Å². The molecular weight excluding hydrogens is 488 g/mol. The van der Waals surface area contributed by atoms with Crippen LogP contribution in [0.15, 0.2) is 54.6 Å². The minimum absolute atomic E-state index is 0.0261. The molecule has 0 aromatic heterocycles. The molecule has 6 nitrogen and oxygen atoms in total. The van der Waals surface area contributed by atoms with E-state index in [0.717, 1.165) is 62.6 Å². The summed E-state index contributed by atoms with van der Waals surface area (Å²) >= 11 is 0. The Morgan fingerprint density at radius 3 is 2.62 bits per heavy atom. The molecule has 1 N–H and O–H groups in total. The van der Waals surface area contributed by atoms with Crippen molar-refractivity contribution in [3.8, 4) is 11.1 Å². The molecule has 6 heteroatoms. The number of allylic oxidation sites excluding steroid dienone is 1. The zero-order chi connectivity index (χ0) is 27.0. The molecule has 0 spiro atoms. The number of hydrogen-bond acceptors (Lipinski definition) is 5. The van der Waals surface area contributed by atoms with Gasteiger partial charge in [0.2, 0.25) is 5.91 Å². The second-order valence-electron chi connectivity index (χ2n) is 11.3. The van der Waals surface area contributed by atoms with Crippen LogP contribution in [0.25, 0.3) is 17.2 Å². The first-order valence-corrected chi connectivity index (χ1v) is 14.7. The average molecular weight is 531 g/mol. The summed E-state index contributed by atoms with van der Waals surface area (Å²) in [6.07, 6.45) is 13.4. The Hall–Kier alpha value is -2.96. The van der Waals surface area contributed by atoms with Gasteiger partial charge >= 0.3 is 5.97 Å². The number of esters is 1. The molecule has 1 saturated carbocycles. The molecule has 0 unspecified atom stereocenters. The number of nitrogens with zero attached hydrogens (tertiary/aromatic N) is 1. The van der Waals surface area contributed by atoms with Gasteiger partial charge < -0.3 is 19.7 Å². The highest BCUT2D eigenvalue weighted by Gasteiger charge is 2.44. The van der Waals surface area contributed by atoms with Gasteiger partial charge in [0.1, 0.15) is 6.04 Å². The van der Waals surface area contributed by atoms with Crippen molar-refractivity contribution in [1.29, 1.82) is 0 Å². The van der Waals surface area contributed by atoms with Crippen LogP contribution in [0.4, 0.5) is 0 Å². The van der Waals surface area contributed by atoms with Crippen LogP contribution >= 0.6 is 0 Å². The predicted octanol–water partition coefficient (Wildman–Crippen LogP) is 5.75. The van der Waals surface area contributed by atoms with E-state index in [1.54, 1.807) is 4.90 Å². The van der Waals surface area contributed by atoms with E-state index in [4.69, 9.17) is 9.47 Å². The van der Waals surface area contributed by atoms with Crippen molar-refractivity contribution >= 4 is 18.0 Å². The van der Waals surface area contributed by atoms with Gasteiger partial charge in [-0.1, -0.05) is 67.8 Å². The lowest BCUT2D eigenvalue weighted by atomic mass is 9.83. The summed E-state index contributed by atoms with van der Waals surface area (Å²) in [5, 5.41) is 3.62. The number of amides is 1. The number of fused-ring (bicyclic) bond motifs is 7. The van der Waals surface area contributed by atoms with Crippen LogP contribution in [0.5, 0.6) is 0 Å². The highest BCUT2D eigenvalue weighted by atomic mass is 16.5. The van der Waals surface area contributed by atoms with E-state index >= 15 is 0 Å². The van der Waals surface area contributed by atoms with Crippen LogP contribution in [0.3, 0.4) is 0 Å². The first-order valence-electron chi connectivity index (χ1n) is 14.7. The van der Waals surface area contributed by atoms with Crippen molar-refractivity contribution in [3.05, 3.63) is 65.7 Å². The van der Waals surface area contributed by atoms with Crippen molar-refractivity contribution in [2.24, 2.45) is 5.92 Å². The Labute approximate surface area is 232 Å². The minimum Gasteiger partial charge on any atom is -0.467 e. The normalized spacial score (nSPS) is 26.1. The third-order valence-corrected chi connectivity index (χ3v) is 8.51. The van der Waals surface area contributed by atoms with Gasteiger partial charge in [-0.2, -0.15) is 0 Å². The molecule has 39 heavy (non-hydrogen) atoms. The molecule has 3 aliphatic rings. The van der Waals surface area contributed by atoms with E-state index in [-0.39, 0.29) is 24.0 Å². The van der Waals surface area contributed by atoms with Crippen LogP contribution in [-0.4, -0.2) is 55.2 Å². The molecule has 2 aromatic carbocycles. The lowest BCUT2D eigenvalue weighted by Gasteiger charge is -2.34. The first kappa shape index (κ1) is 27.6. The molecule has 1 aliphatic carbocycles. The fourth-order valence-corrected chi connectivity index (χ4v) is 6.36. The van der Waals surface area contributed by atoms with Gasteiger partial charge in [0, 0.05) is 13.0 Å². The summed E-state index contributed by atoms with van der Waals surface area (Å²) in [7, 11) is 1.40. The van der Waals surface area contributed by atoms with E-state index in [0.29, 0.717) is 25.5 Å². The zero-order valence-electron chi connectivity index (χ0n) is 23.1. The van der Waals surface area contributed by atoms with Crippen molar-refractivity contribution in [2.45, 2.75) is 82.6 Å². The van der Waals surface area contributed by atoms with Gasteiger partial charge in [-0.05, 0) is 79.0 Å². The molecule has 2 fully saturated rings. The quantitative estimate of drug-likeness (QED) is 0.501. The number of carbonyl (C=O) groups excluding carboxylic acids is 2. The molecule has 2 heterocycles. The summed E-state index contributed by atoms with van der Waals surface area (Å²) < 4.78 is 11.5. The number of nitrogens with one attached hydrogen (secondary N) is 1. The van der Waals surface area contributed by atoms with Crippen molar-refractivity contribution in [1.82, 2.24) is 10.2 Å². The smallest absolute Gasteiger partial charge is 0.328 e. The van der Waals surface area contributed by atoms with Gasteiger partial charge in [-0.25, -0.2) is 4.79 Å². The van der Waals surface area contributed by atoms with Gasteiger partial charge in [-0.3, -0.25) is 4.79 Å². The minimum atomic E-state index is -0.603. The standard InChI is InChI=1S/C33H42N2O4/c1-38-33(37)30-21-29-22-35(30)32(36)31(26-14-6-4-7-15-26)34-18-8-3-2-5-11-24-12-9-16-27(19-24)28-17-10-13-25(20-28)23-39-29/h5,9-13,16-17,19-20,26,29-31,34H,2-4,6-8,14-15,18,21-23H2,1H3/b11-5+/t29-,30+,31+/m1/s1. The summed E-state index contributed by atoms with van der Waals surface area (Å²) in [6.45, 7) is 1.63. The second kappa shape index (κ2) is 13.4. The zero-order valence-corrected chi connectivity index (χ0v) is 23.1. The lowest BCUT2D eigenvalue weighted by Crippen LogP contribution is -2.54. The second-order valence-corrected chi connectivity index (χ2v) is 11.3. The van der Waals surface area contributed by atoms with Crippen LogP contribution in [0.1, 0.15) is 68.9 Å². The monoisotopic (exact) mass is 530 g/mol. The largest absolute Gasteiger partial charge is 0.467 e. The molecule has 1 amide bonds.